The molecule has 0 saturated carbocycles. The van der Waals surface area contributed by atoms with Crippen LogP contribution in [0.25, 0.3) is 16.6 Å². The second-order valence-electron chi connectivity index (χ2n) is 4.73. The van der Waals surface area contributed by atoms with Crippen molar-refractivity contribution in [3.63, 3.8) is 0 Å². The molecule has 108 valence electrons. The van der Waals surface area contributed by atoms with Gasteiger partial charge in [0.05, 0.1) is 27.2 Å². The Morgan fingerprint density at radius 2 is 2.00 bits per heavy atom. The second-order valence-corrected chi connectivity index (χ2v) is 5.50. The molecule has 2 heterocycles. The van der Waals surface area contributed by atoms with Crippen molar-refractivity contribution in [2.24, 2.45) is 0 Å². The van der Waals surface area contributed by atoms with Crippen molar-refractivity contribution in [1.82, 2.24) is 9.55 Å². The van der Waals surface area contributed by atoms with E-state index >= 15 is 0 Å². The van der Waals surface area contributed by atoms with Gasteiger partial charge in [-0.2, -0.15) is 5.26 Å². The van der Waals surface area contributed by atoms with Crippen LogP contribution in [0, 0.1) is 18.3 Å². The van der Waals surface area contributed by atoms with E-state index in [2.05, 4.69) is 11.1 Å². The molecule has 6 heteroatoms. The summed E-state index contributed by atoms with van der Waals surface area (Å²) in [6.45, 7) is 1.78. The predicted octanol–water partition coefficient (Wildman–Crippen LogP) is 3.87. The Morgan fingerprint density at radius 1 is 1.27 bits per heavy atom. The van der Waals surface area contributed by atoms with E-state index in [9.17, 15) is 10.1 Å². The largest absolute Gasteiger partial charge is 0.311 e. The first-order valence-corrected chi connectivity index (χ1v) is 7.16. The molecule has 22 heavy (non-hydrogen) atoms. The maximum atomic E-state index is 12.2. The van der Waals surface area contributed by atoms with Crippen LogP contribution < -0.4 is 5.43 Å². The van der Waals surface area contributed by atoms with E-state index in [0.29, 0.717) is 27.5 Å². The lowest BCUT2D eigenvalue weighted by atomic mass is 10.1. The Labute approximate surface area is 136 Å². The summed E-state index contributed by atoms with van der Waals surface area (Å²) < 4.78 is 1.76. The fourth-order valence-electron chi connectivity index (χ4n) is 2.47. The van der Waals surface area contributed by atoms with E-state index in [4.69, 9.17) is 23.2 Å². The Kier molecular flexibility index (Phi) is 3.61. The van der Waals surface area contributed by atoms with Gasteiger partial charge in [0.25, 0.3) is 0 Å². The minimum atomic E-state index is -0.252. The molecule has 1 aromatic carbocycles. The normalized spacial score (nSPS) is 10.6. The molecular weight excluding hydrogens is 321 g/mol. The number of halogens is 2. The van der Waals surface area contributed by atoms with E-state index in [1.807, 2.05) is 6.07 Å². The van der Waals surface area contributed by atoms with E-state index in [1.165, 1.54) is 12.3 Å². The number of para-hydroxylation sites is 1. The zero-order valence-corrected chi connectivity index (χ0v) is 13.0. The summed E-state index contributed by atoms with van der Waals surface area (Å²) in [4.78, 5) is 16.2. The molecule has 3 rings (SSSR count). The van der Waals surface area contributed by atoms with Crippen LogP contribution >= 0.6 is 23.2 Å². The lowest BCUT2D eigenvalue weighted by Crippen LogP contribution is -2.13. The standard InChI is InChI=1S/C16H9Cl2N3O/c1-9-6-13(22)14-15(11(17)8-20-16(14)18)21(9)12-5-3-2-4-10(12)7-19/h2-6,8H,1H3. The van der Waals surface area contributed by atoms with Crippen molar-refractivity contribution < 1.29 is 0 Å². The quantitative estimate of drug-likeness (QED) is 0.636. The third-order valence-electron chi connectivity index (χ3n) is 3.39. The first kappa shape index (κ1) is 14.6. The lowest BCUT2D eigenvalue weighted by Gasteiger charge is -2.17. The van der Waals surface area contributed by atoms with Crippen LogP contribution in [0.3, 0.4) is 0 Å². The maximum absolute atomic E-state index is 12.2. The summed E-state index contributed by atoms with van der Waals surface area (Å²) in [5, 5.41) is 9.96. The number of hydrogen-bond acceptors (Lipinski definition) is 3. The molecule has 0 N–H and O–H groups in total. The number of pyridine rings is 2. The van der Waals surface area contributed by atoms with Crippen molar-refractivity contribution in [3.05, 3.63) is 68.2 Å². The second kappa shape index (κ2) is 5.45. The number of aryl methyl sites for hydroxylation is 1. The van der Waals surface area contributed by atoms with Crippen LogP contribution in [0.4, 0.5) is 0 Å². The summed E-state index contributed by atoms with van der Waals surface area (Å²) in [7, 11) is 0. The fourth-order valence-corrected chi connectivity index (χ4v) is 2.93. The number of hydrogen-bond donors (Lipinski definition) is 0. The summed E-state index contributed by atoms with van der Waals surface area (Å²) in [5.74, 6) is 0. The number of benzene rings is 1. The van der Waals surface area contributed by atoms with Crippen molar-refractivity contribution >= 4 is 34.1 Å². The molecule has 0 aliphatic carbocycles. The van der Waals surface area contributed by atoms with Crippen LogP contribution in [0.5, 0.6) is 0 Å². The molecule has 0 atom stereocenters. The van der Waals surface area contributed by atoms with Crippen molar-refractivity contribution in [3.8, 4) is 11.8 Å². The molecular formula is C16H9Cl2N3O. The highest BCUT2D eigenvalue weighted by Gasteiger charge is 2.16. The summed E-state index contributed by atoms with van der Waals surface area (Å²) in [6.07, 6.45) is 1.40. The molecule has 0 fully saturated rings. The van der Waals surface area contributed by atoms with Crippen molar-refractivity contribution in [2.75, 3.05) is 0 Å². The van der Waals surface area contributed by atoms with Gasteiger partial charge in [0.2, 0.25) is 0 Å². The number of aromatic nitrogens is 2. The first-order chi connectivity index (χ1) is 10.5. The minimum absolute atomic E-state index is 0.0904. The number of nitriles is 1. The van der Waals surface area contributed by atoms with Crippen molar-refractivity contribution in [1.29, 1.82) is 5.26 Å². The molecule has 0 bridgehead atoms. The zero-order chi connectivity index (χ0) is 15.9. The summed E-state index contributed by atoms with van der Waals surface area (Å²) in [5.41, 5.74) is 1.97. The molecule has 0 amide bonds. The Morgan fingerprint density at radius 3 is 2.73 bits per heavy atom. The highest BCUT2D eigenvalue weighted by atomic mass is 35.5. The fraction of sp³-hybridized carbons (Fsp3) is 0.0625. The molecule has 0 saturated heterocycles. The van der Waals surface area contributed by atoms with Crippen LogP contribution in [-0.2, 0) is 0 Å². The van der Waals surface area contributed by atoms with Crippen LogP contribution in [-0.4, -0.2) is 9.55 Å². The Balaban J connectivity index is 2.59. The molecule has 0 radical (unpaired) electrons. The molecule has 0 unspecified atom stereocenters. The SMILES string of the molecule is Cc1cc(=O)c2c(Cl)ncc(Cl)c2n1-c1ccccc1C#N. The van der Waals surface area contributed by atoms with Crippen LogP contribution in [0.15, 0.2) is 41.3 Å². The average molecular weight is 330 g/mol. The van der Waals surface area contributed by atoms with Crippen LogP contribution in [0.2, 0.25) is 10.2 Å². The van der Waals surface area contributed by atoms with Gasteiger partial charge in [-0.1, -0.05) is 35.3 Å². The number of fused-ring (bicyclic) bond motifs is 1. The Hall–Kier alpha value is -2.35. The van der Waals surface area contributed by atoms with Crippen molar-refractivity contribution in [2.45, 2.75) is 6.92 Å². The Bertz CT molecular complexity index is 1000. The van der Waals surface area contributed by atoms with Gasteiger partial charge in [0.1, 0.15) is 11.2 Å². The van der Waals surface area contributed by atoms with Gasteiger partial charge in [0, 0.05) is 18.0 Å². The van der Waals surface area contributed by atoms with Crippen LogP contribution in [0.1, 0.15) is 11.3 Å². The topological polar surface area (TPSA) is 58.7 Å². The molecule has 0 spiro atoms. The predicted molar refractivity (Wildman–Crippen MR) is 86.8 cm³/mol. The van der Waals surface area contributed by atoms with Gasteiger partial charge in [0.15, 0.2) is 5.43 Å². The maximum Gasteiger partial charge on any atom is 0.192 e. The van der Waals surface area contributed by atoms with Gasteiger partial charge in [-0.3, -0.25) is 4.79 Å². The summed E-state index contributed by atoms with van der Waals surface area (Å²) >= 11 is 12.3. The monoisotopic (exact) mass is 329 g/mol. The average Bonchev–Trinajstić information content (AvgIpc) is 2.50. The summed E-state index contributed by atoms with van der Waals surface area (Å²) in [6, 6.07) is 10.7. The molecule has 0 aliphatic rings. The van der Waals surface area contributed by atoms with E-state index in [-0.39, 0.29) is 16.0 Å². The van der Waals surface area contributed by atoms with Gasteiger partial charge in [-0.05, 0) is 19.1 Å². The van der Waals surface area contributed by atoms with E-state index < -0.39 is 0 Å². The van der Waals surface area contributed by atoms with Gasteiger partial charge in [-0.15, -0.1) is 0 Å². The third kappa shape index (κ3) is 2.16. The number of rotatable bonds is 1. The number of nitrogens with zero attached hydrogens (tertiary/aromatic N) is 3. The molecule has 0 aliphatic heterocycles. The lowest BCUT2D eigenvalue weighted by molar-refractivity contribution is 1.02. The van der Waals surface area contributed by atoms with Gasteiger partial charge in [-0.25, -0.2) is 4.98 Å². The third-order valence-corrected chi connectivity index (χ3v) is 3.95. The molecule has 2 aromatic heterocycles. The first-order valence-electron chi connectivity index (χ1n) is 6.40. The van der Waals surface area contributed by atoms with Gasteiger partial charge >= 0.3 is 0 Å². The minimum Gasteiger partial charge on any atom is -0.311 e. The van der Waals surface area contributed by atoms with Gasteiger partial charge < -0.3 is 4.57 Å². The van der Waals surface area contributed by atoms with E-state index in [0.717, 1.165) is 0 Å². The zero-order valence-electron chi connectivity index (χ0n) is 11.5. The molecule has 4 nitrogen and oxygen atoms in total. The molecule has 3 aromatic rings. The highest BCUT2D eigenvalue weighted by Crippen LogP contribution is 2.29. The highest BCUT2D eigenvalue weighted by molar-refractivity contribution is 6.38. The smallest absolute Gasteiger partial charge is 0.192 e. The van der Waals surface area contributed by atoms with E-state index in [1.54, 1.807) is 29.7 Å².